The molecule has 5 rings (SSSR count). The van der Waals surface area contributed by atoms with E-state index >= 15 is 0 Å². The van der Waals surface area contributed by atoms with E-state index in [2.05, 4.69) is 12.0 Å². The molecule has 0 spiro atoms. The van der Waals surface area contributed by atoms with E-state index in [-0.39, 0.29) is 11.9 Å². The third kappa shape index (κ3) is 3.72. The van der Waals surface area contributed by atoms with Gasteiger partial charge in [0, 0.05) is 28.4 Å². The Labute approximate surface area is 191 Å². The van der Waals surface area contributed by atoms with E-state index in [0.29, 0.717) is 22.9 Å². The first-order valence-electron chi connectivity index (χ1n) is 10.5. The summed E-state index contributed by atoms with van der Waals surface area (Å²) in [6.45, 7) is 2.58. The number of amides is 1. The van der Waals surface area contributed by atoms with Crippen molar-refractivity contribution in [2.75, 3.05) is 11.4 Å². The summed E-state index contributed by atoms with van der Waals surface area (Å²) in [5, 5.41) is 5.15. The topological polar surface area (TPSA) is 50.5 Å². The van der Waals surface area contributed by atoms with Crippen LogP contribution in [-0.4, -0.2) is 27.9 Å². The third-order valence-electron chi connectivity index (χ3n) is 5.55. The van der Waals surface area contributed by atoms with Crippen LogP contribution < -0.4 is 4.90 Å². The molecule has 0 bridgehead atoms. The van der Waals surface area contributed by atoms with E-state index in [9.17, 15) is 4.79 Å². The second-order valence-electron chi connectivity index (χ2n) is 7.76. The predicted molar refractivity (Wildman–Crippen MR) is 128 cm³/mol. The summed E-state index contributed by atoms with van der Waals surface area (Å²) in [5.41, 5.74) is 4.60. The number of hydrogen-bond acceptors (Lipinski definition) is 3. The maximum Gasteiger partial charge on any atom is 0.278 e. The highest BCUT2D eigenvalue weighted by atomic mass is 35.5. The van der Waals surface area contributed by atoms with Crippen LogP contribution in [0.15, 0.2) is 96.1 Å². The molecule has 0 saturated heterocycles. The quantitative estimate of drug-likeness (QED) is 0.369. The molecule has 1 unspecified atom stereocenters. The summed E-state index contributed by atoms with van der Waals surface area (Å²) in [5.74, 6) is -0.123. The molecule has 3 aromatic carbocycles. The van der Waals surface area contributed by atoms with Gasteiger partial charge in [-0.2, -0.15) is 5.10 Å². The van der Waals surface area contributed by atoms with Crippen molar-refractivity contribution >= 4 is 34.6 Å². The fraction of sp³-hybridized carbons (Fsp3) is 0.115. The lowest BCUT2D eigenvalue weighted by Gasteiger charge is -2.32. The minimum absolute atomic E-state index is 0.0132. The zero-order chi connectivity index (χ0) is 22.1. The Bertz CT molecular complexity index is 1240. The number of nitrogens with zero attached hydrogens (tertiary/aromatic N) is 4. The number of halogens is 1. The summed E-state index contributed by atoms with van der Waals surface area (Å²) in [4.78, 5) is 20.3. The highest BCUT2D eigenvalue weighted by Gasteiger charge is 2.33. The van der Waals surface area contributed by atoms with Gasteiger partial charge >= 0.3 is 0 Å². The van der Waals surface area contributed by atoms with Gasteiger partial charge in [-0.1, -0.05) is 72.3 Å². The van der Waals surface area contributed by atoms with Crippen molar-refractivity contribution in [3.63, 3.8) is 0 Å². The molecule has 1 aliphatic heterocycles. The molecule has 0 fully saturated rings. The molecule has 1 aromatic heterocycles. The first-order chi connectivity index (χ1) is 15.6. The number of aromatic nitrogens is 2. The standard InChI is InChI=1S/C26H21ClN4O/c1-18-17-30(22-14-12-21(27)13-15-22)26(32)25-23(16-28-31(18)25)29-24(19-8-4-2-5-9-19)20-10-6-3-7-11-20/h2-16,18H,17H2,1H3. The Hall–Kier alpha value is -3.70. The summed E-state index contributed by atoms with van der Waals surface area (Å²) >= 11 is 6.04. The van der Waals surface area contributed by atoms with Crippen LogP contribution in [0.25, 0.3) is 0 Å². The van der Waals surface area contributed by atoms with Gasteiger partial charge in [-0.05, 0) is 31.2 Å². The van der Waals surface area contributed by atoms with E-state index in [1.165, 1.54) is 0 Å². The Kier molecular flexibility index (Phi) is 5.33. The van der Waals surface area contributed by atoms with Gasteiger partial charge in [0.2, 0.25) is 0 Å². The van der Waals surface area contributed by atoms with Crippen molar-refractivity contribution < 1.29 is 4.79 Å². The van der Waals surface area contributed by atoms with Crippen LogP contribution in [0.3, 0.4) is 0 Å². The molecule has 4 aromatic rings. The molecule has 0 saturated carbocycles. The van der Waals surface area contributed by atoms with Crippen LogP contribution >= 0.6 is 11.6 Å². The maximum absolute atomic E-state index is 13.5. The first kappa shape index (κ1) is 20.2. The summed E-state index contributed by atoms with van der Waals surface area (Å²) < 4.78 is 1.78. The van der Waals surface area contributed by atoms with Gasteiger partial charge in [-0.3, -0.25) is 9.48 Å². The van der Waals surface area contributed by atoms with Crippen molar-refractivity contribution in [3.05, 3.63) is 113 Å². The molecule has 5 nitrogen and oxygen atoms in total. The zero-order valence-electron chi connectivity index (χ0n) is 17.5. The van der Waals surface area contributed by atoms with Crippen LogP contribution in [0.2, 0.25) is 5.02 Å². The van der Waals surface area contributed by atoms with Crippen molar-refractivity contribution in [2.45, 2.75) is 13.0 Å². The molecular formula is C26H21ClN4O. The molecule has 1 aliphatic rings. The van der Waals surface area contributed by atoms with Crippen LogP contribution in [0.4, 0.5) is 11.4 Å². The maximum atomic E-state index is 13.5. The highest BCUT2D eigenvalue weighted by molar-refractivity contribution is 6.30. The summed E-state index contributed by atoms with van der Waals surface area (Å²) in [6.07, 6.45) is 1.68. The number of rotatable bonds is 4. The Balaban J connectivity index is 1.62. The van der Waals surface area contributed by atoms with Crippen LogP contribution in [0.1, 0.15) is 34.6 Å². The number of aliphatic imine (C=N–C) groups is 1. The van der Waals surface area contributed by atoms with E-state index in [4.69, 9.17) is 16.6 Å². The fourth-order valence-electron chi connectivity index (χ4n) is 3.98. The van der Waals surface area contributed by atoms with Crippen molar-refractivity contribution in [2.24, 2.45) is 4.99 Å². The van der Waals surface area contributed by atoms with Crippen molar-refractivity contribution in [1.82, 2.24) is 9.78 Å². The Morgan fingerprint density at radius 3 is 2.12 bits per heavy atom. The number of benzene rings is 3. The highest BCUT2D eigenvalue weighted by Crippen LogP contribution is 2.32. The average molecular weight is 441 g/mol. The SMILES string of the molecule is CC1CN(c2ccc(Cl)cc2)C(=O)c2c(N=C(c3ccccc3)c3ccccc3)cnn21. The molecule has 32 heavy (non-hydrogen) atoms. The molecular weight excluding hydrogens is 420 g/mol. The number of hydrogen-bond donors (Lipinski definition) is 0. The lowest BCUT2D eigenvalue weighted by molar-refractivity contribution is 0.0954. The third-order valence-corrected chi connectivity index (χ3v) is 5.81. The largest absolute Gasteiger partial charge is 0.305 e. The van der Waals surface area contributed by atoms with Gasteiger partial charge in [0.05, 0.1) is 18.0 Å². The van der Waals surface area contributed by atoms with E-state index in [1.54, 1.807) is 27.9 Å². The Morgan fingerprint density at radius 1 is 0.938 bits per heavy atom. The van der Waals surface area contributed by atoms with Crippen LogP contribution in [0.5, 0.6) is 0 Å². The molecule has 1 amide bonds. The number of fused-ring (bicyclic) bond motifs is 1. The predicted octanol–water partition coefficient (Wildman–Crippen LogP) is 5.93. The monoisotopic (exact) mass is 440 g/mol. The molecule has 0 N–H and O–H groups in total. The van der Waals surface area contributed by atoms with Crippen molar-refractivity contribution in [1.29, 1.82) is 0 Å². The van der Waals surface area contributed by atoms with Gasteiger partial charge in [0.1, 0.15) is 5.69 Å². The summed E-state index contributed by atoms with van der Waals surface area (Å²) in [7, 11) is 0. The van der Waals surface area contributed by atoms with Crippen molar-refractivity contribution in [3.8, 4) is 0 Å². The van der Waals surface area contributed by atoms with Gasteiger partial charge in [-0.15, -0.1) is 0 Å². The van der Waals surface area contributed by atoms with Crippen LogP contribution in [-0.2, 0) is 0 Å². The number of anilines is 1. The van der Waals surface area contributed by atoms with Gasteiger partial charge in [0.25, 0.3) is 5.91 Å². The second-order valence-corrected chi connectivity index (χ2v) is 8.19. The van der Waals surface area contributed by atoms with Gasteiger partial charge in [-0.25, -0.2) is 4.99 Å². The minimum atomic E-state index is -0.123. The average Bonchev–Trinajstić information content (AvgIpc) is 3.26. The van der Waals surface area contributed by atoms with Gasteiger partial charge in [0.15, 0.2) is 5.69 Å². The first-order valence-corrected chi connectivity index (χ1v) is 10.8. The lowest BCUT2D eigenvalue weighted by atomic mass is 10.0. The second kappa shape index (κ2) is 8.44. The molecule has 2 heterocycles. The molecule has 6 heteroatoms. The number of carbonyl (C=O) groups is 1. The molecule has 0 radical (unpaired) electrons. The minimum Gasteiger partial charge on any atom is -0.305 e. The molecule has 1 atom stereocenters. The van der Waals surface area contributed by atoms with Gasteiger partial charge < -0.3 is 4.90 Å². The number of carbonyl (C=O) groups excluding carboxylic acids is 1. The van der Waals surface area contributed by atoms with E-state index in [1.807, 2.05) is 72.8 Å². The lowest BCUT2D eigenvalue weighted by Crippen LogP contribution is -2.42. The molecule has 158 valence electrons. The summed E-state index contributed by atoms with van der Waals surface area (Å²) in [6, 6.07) is 27.3. The fourth-order valence-corrected chi connectivity index (χ4v) is 4.11. The Morgan fingerprint density at radius 2 is 1.53 bits per heavy atom. The van der Waals surface area contributed by atoms with E-state index in [0.717, 1.165) is 22.5 Å². The zero-order valence-corrected chi connectivity index (χ0v) is 18.3. The molecule has 0 aliphatic carbocycles. The van der Waals surface area contributed by atoms with E-state index < -0.39 is 0 Å². The van der Waals surface area contributed by atoms with Crippen LogP contribution in [0, 0.1) is 0 Å². The smallest absolute Gasteiger partial charge is 0.278 e. The normalized spacial score (nSPS) is 15.4.